The topological polar surface area (TPSA) is 29.5 Å². The smallest absolute Gasteiger partial charge is 0.126 e. The third kappa shape index (κ3) is 6.44. The molecule has 1 rings (SSSR count). The molecule has 0 radical (unpaired) electrons. The maximum atomic E-state index is 9.70. The minimum absolute atomic E-state index is 0.493. The molecule has 19 heavy (non-hydrogen) atoms. The number of aliphatic hydroxyl groups excluding tert-OH is 1. The molecule has 108 valence electrons. The summed E-state index contributed by atoms with van der Waals surface area (Å²) in [5.41, 5.74) is 0.856. The Morgan fingerprint density at radius 3 is 2.53 bits per heavy atom. The fourth-order valence-corrected chi connectivity index (χ4v) is 2.38. The molecule has 0 saturated carbocycles. The van der Waals surface area contributed by atoms with Crippen molar-refractivity contribution in [3.8, 4) is 5.75 Å². The zero-order valence-electron chi connectivity index (χ0n) is 12.0. The average Bonchev–Trinajstić information content (AvgIpc) is 2.37. The predicted octanol–water partition coefficient (Wildman–Crippen LogP) is 5.24. The molecule has 0 aliphatic heterocycles. The lowest BCUT2D eigenvalue weighted by Crippen LogP contribution is -2.02. The fraction of sp³-hybridized carbons (Fsp3) is 0.625. The van der Waals surface area contributed by atoms with E-state index in [0.717, 1.165) is 28.8 Å². The van der Waals surface area contributed by atoms with Crippen LogP contribution in [0.4, 0.5) is 0 Å². The maximum Gasteiger partial charge on any atom is 0.126 e. The van der Waals surface area contributed by atoms with E-state index in [1.54, 1.807) is 6.92 Å². The highest BCUT2D eigenvalue weighted by Gasteiger charge is 2.09. The first-order valence-electron chi connectivity index (χ1n) is 7.25. The Bertz CT molecular complexity index is 364. The van der Waals surface area contributed by atoms with Crippen molar-refractivity contribution in [1.82, 2.24) is 0 Å². The van der Waals surface area contributed by atoms with Gasteiger partial charge in [-0.05, 0) is 25.5 Å². The first-order valence-corrected chi connectivity index (χ1v) is 8.04. The summed E-state index contributed by atoms with van der Waals surface area (Å²) in [4.78, 5) is 0. The van der Waals surface area contributed by atoms with Crippen molar-refractivity contribution in [3.05, 3.63) is 28.2 Å². The second-order valence-electron chi connectivity index (χ2n) is 4.97. The molecule has 1 atom stereocenters. The van der Waals surface area contributed by atoms with Gasteiger partial charge < -0.3 is 9.84 Å². The summed E-state index contributed by atoms with van der Waals surface area (Å²) >= 11 is 3.43. The van der Waals surface area contributed by atoms with Gasteiger partial charge in [0.1, 0.15) is 5.75 Å². The number of unbranched alkanes of at least 4 members (excludes halogenated alkanes) is 5. The molecule has 0 amide bonds. The number of ether oxygens (including phenoxy) is 1. The van der Waals surface area contributed by atoms with Crippen molar-refractivity contribution in [1.29, 1.82) is 0 Å². The molecule has 0 aromatic heterocycles. The van der Waals surface area contributed by atoms with Gasteiger partial charge in [-0.3, -0.25) is 0 Å². The Balaban J connectivity index is 2.34. The van der Waals surface area contributed by atoms with Crippen LogP contribution in [0, 0.1) is 0 Å². The van der Waals surface area contributed by atoms with E-state index in [1.807, 2.05) is 18.2 Å². The summed E-state index contributed by atoms with van der Waals surface area (Å²) in [6.45, 7) is 4.72. The van der Waals surface area contributed by atoms with Gasteiger partial charge in [0.05, 0.1) is 12.7 Å². The molecule has 0 aliphatic carbocycles. The van der Waals surface area contributed by atoms with Gasteiger partial charge in [-0.2, -0.15) is 0 Å². The number of hydrogen-bond donors (Lipinski definition) is 1. The van der Waals surface area contributed by atoms with Crippen molar-refractivity contribution in [2.24, 2.45) is 0 Å². The monoisotopic (exact) mass is 328 g/mol. The zero-order valence-corrected chi connectivity index (χ0v) is 13.6. The minimum Gasteiger partial charge on any atom is -0.493 e. The summed E-state index contributed by atoms with van der Waals surface area (Å²) in [5, 5.41) is 9.70. The SMILES string of the molecule is CCCCCCCCOc1cc(Br)ccc1[C@H](C)O. The van der Waals surface area contributed by atoms with E-state index in [9.17, 15) is 5.11 Å². The van der Waals surface area contributed by atoms with E-state index in [1.165, 1.54) is 32.1 Å². The summed E-state index contributed by atoms with van der Waals surface area (Å²) in [5.74, 6) is 0.790. The minimum atomic E-state index is -0.493. The molecule has 1 aromatic carbocycles. The quantitative estimate of drug-likeness (QED) is 0.628. The molecule has 0 spiro atoms. The molecule has 0 unspecified atom stereocenters. The Kier molecular flexibility index (Phi) is 8.15. The Morgan fingerprint density at radius 2 is 1.84 bits per heavy atom. The van der Waals surface area contributed by atoms with Gasteiger partial charge in [-0.25, -0.2) is 0 Å². The predicted molar refractivity (Wildman–Crippen MR) is 83.6 cm³/mol. The molecular formula is C16H25BrO2. The van der Waals surface area contributed by atoms with Crippen LogP contribution < -0.4 is 4.74 Å². The van der Waals surface area contributed by atoms with Crippen LogP contribution in [0.1, 0.15) is 64.0 Å². The fourth-order valence-electron chi connectivity index (χ4n) is 2.04. The third-order valence-corrected chi connectivity index (χ3v) is 3.67. The van der Waals surface area contributed by atoms with E-state index in [-0.39, 0.29) is 0 Å². The van der Waals surface area contributed by atoms with E-state index >= 15 is 0 Å². The Morgan fingerprint density at radius 1 is 1.16 bits per heavy atom. The lowest BCUT2D eigenvalue weighted by molar-refractivity contribution is 0.190. The van der Waals surface area contributed by atoms with Crippen LogP contribution in [0.2, 0.25) is 0 Å². The van der Waals surface area contributed by atoms with Crippen LogP contribution in [-0.2, 0) is 0 Å². The summed E-state index contributed by atoms with van der Waals surface area (Å²) in [7, 11) is 0. The van der Waals surface area contributed by atoms with Crippen molar-refractivity contribution in [3.63, 3.8) is 0 Å². The second kappa shape index (κ2) is 9.38. The van der Waals surface area contributed by atoms with Gasteiger partial charge in [0, 0.05) is 10.0 Å². The molecule has 0 fully saturated rings. The summed E-state index contributed by atoms with van der Waals surface area (Å²) in [6.07, 6.45) is 7.04. The number of halogens is 1. The molecule has 1 aromatic rings. The molecule has 0 heterocycles. The summed E-state index contributed by atoms with van der Waals surface area (Å²) in [6, 6.07) is 5.77. The van der Waals surface area contributed by atoms with Crippen molar-refractivity contribution in [2.45, 2.75) is 58.5 Å². The molecular weight excluding hydrogens is 304 g/mol. The van der Waals surface area contributed by atoms with Crippen LogP contribution in [0.25, 0.3) is 0 Å². The third-order valence-electron chi connectivity index (χ3n) is 3.18. The van der Waals surface area contributed by atoms with Crippen molar-refractivity contribution in [2.75, 3.05) is 6.61 Å². The molecule has 0 aliphatic rings. The molecule has 1 N–H and O–H groups in total. The van der Waals surface area contributed by atoms with E-state index in [0.29, 0.717) is 0 Å². The van der Waals surface area contributed by atoms with Gasteiger partial charge in [0.25, 0.3) is 0 Å². The van der Waals surface area contributed by atoms with Crippen molar-refractivity contribution < 1.29 is 9.84 Å². The van der Waals surface area contributed by atoms with Crippen LogP contribution >= 0.6 is 15.9 Å². The Hall–Kier alpha value is -0.540. The van der Waals surface area contributed by atoms with Gasteiger partial charge in [0.15, 0.2) is 0 Å². The Labute approximate surface area is 125 Å². The highest BCUT2D eigenvalue weighted by Crippen LogP contribution is 2.28. The molecule has 2 nitrogen and oxygen atoms in total. The normalized spacial score (nSPS) is 12.4. The number of aliphatic hydroxyl groups is 1. The summed E-state index contributed by atoms with van der Waals surface area (Å²) < 4.78 is 6.78. The molecule has 0 bridgehead atoms. The molecule has 0 saturated heterocycles. The number of benzene rings is 1. The van der Waals surface area contributed by atoms with E-state index in [4.69, 9.17) is 4.74 Å². The van der Waals surface area contributed by atoms with Crippen LogP contribution in [0.3, 0.4) is 0 Å². The highest BCUT2D eigenvalue weighted by molar-refractivity contribution is 9.10. The van der Waals surface area contributed by atoms with Crippen molar-refractivity contribution >= 4 is 15.9 Å². The van der Waals surface area contributed by atoms with Gasteiger partial charge in [-0.15, -0.1) is 0 Å². The van der Waals surface area contributed by atoms with Gasteiger partial charge in [-0.1, -0.05) is 61.0 Å². The van der Waals surface area contributed by atoms with E-state index < -0.39 is 6.10 Å². The molecule has 3 heteroatoms. The zero-order chi connectivity index (χ0) is 14.1. The van der Waals surface area contributed by atoms with E-state index in [2.05, 4.69) is 22.9 Å². The average molecular weight is 329 g/mol. The highest BCUT2D eigenvalue weighted by atomic mass is 79.9. The van der Waals surface area contributed by atoms with Crippen LogP contribution in [0.5, 0.6) is 5.75 Å². The first kappa shape index (κ1) is 16.5. The lowest BCUT2D eigenvalue weighted by Gasteiger charge is -2.13. The maximum absolute atomic E-state index is 9.70. The number of rotatable bonds is 9. The van der Waals surface area contributed by atoms with Crippen LogP contribution in [-0.4, -0.2) is 11.7 Å². The number of hydrogen-bond acceptors (Lipinski definition) is 2. The standard InChI is InChI=1S/C16H25BrO2/c1-3-4-5-6-7-8-11-19-16-12-14(17)9-10-15(16)13(2)18/h9-10,12-13,18H,3-8,11H2,1-2H3/t13-/m0/s1. The first-order chi connectivity index (χ1) is 9.15. The largest absolute Gasteiger partial charge is 0.493 e. The van der Waals surface area contributed by atoms with Gasteiger partial charge in [0.2, 0.25) is 0 Å². The van der Waals surface area contributed by atoms with Crippen LogP contribution in [0.15, 0.2) is 22.7 Å². The van der Waals surface area contributed by atoms with Gasteiger partial charge >= 0.3 is 0 Å². The second-order valence-corrected chi connectivity index (χ2v) is 5.89. The lowest BCUT2D eigenvalue weighted by atomic mass is 10.1.